The summed E-state index contributed by atoms with van der Waals surface area (Å²) in [6, 6.07) is 0. The molecule has 1 fully saturated rings. The number of imide groups is 1. The number of esters is 1. The predicted molar refractivity (Wildman–Crippen MR) is 39.9 cm³/mol. The number of alkyl carbamates (subject to hydrolysis) is 1. The van der Waals surface area contributed by atoms with E-state index in [9.17, 15) is 14.4 Å². The van der Waals surface area contributed by atoms with Crippen LogP contribution in [0.25, 0.3) is 0 Å². The molecule has 6 nitrogen and oxygen atoms in total. The van der Waals surface area contributed by atoms with Crippen LogP contribution in [0.4, 0.5) is 4.79 Å². The summed E-state index contributed by atoms with van der Waals surface area (Å²) in [4.78, 5) is 32.3. The van der Waals surface area contributed by atoms with Gasteiger partial charge in [-0.1, -0.05) is 0 Å². The van der Waals surface area contributed by atoms with Crippen LogP contribution in [0.5, 0.6) is 0 Å². The van der Waals surface area contributed by atoms with E-state index in [1.807, 2.05) is 5.32 Å². The minimum absolute atomic E-state index is 0.270. The Hall–Kier alpha value is -0.590. The summed E-state index contributed by atoms with van der Waals surface area (Å²) in [7, 11) is 0. The molecule has 0 spiro atoms. The van der Waals surface area contributed by atoms with Crippen LogP contribution in [0, 0.1) is 0 Å². The van der Waals surface area contributed by atoms with Crippen molar-refractivity contribution in [3.63, 3.8) is 0 Å². The van der Waals surface area contributed by atoms with E-state index in [0.29, 0.717) is 0 Å². The third kappa shape index (κ3) is 2.68. The molecular formula is C6H6NNaO5. The van der Waals surface area contributed by atoms with E-state index in [0.717, 1.165) is 31.6 Å². The van der Waals surface area contributed by atoms with Crippen molar-refractivity contribution >= 4 is 45.9 Å². The molecule has 0 aromatic heterocycles. The molecule has 1 aliphatic heterocycles. The van der Waals surface area contributed by atoms with E-state index in [-0.39, 0.29) is 6.61 Å². The molecule has 1 aliphatic rings. The molecule has 1 atom stereocenters. The first-order valence-corrected chi connectivity index (χ1v) is 5.24. The van der Waals surface area contributed by atoms with Crippen molar-refractivity contribution in [2.24, 2.45) is 0 Å². The van der Waals surface area contributed by atoms with Crippen LogP contribution in [-0.2, 0) is 19.1 Å². The third-order valence-electron chi connectivity index (χ3n) is 1.35. The summed E-state index contributed by atoms with van der Waals surface area (Å²) in [5.74, 6) is -1.57. The van der Waals surface area contributed by atoms with Crippen LogP contribution >= 0.6 is 0 Å². The van der Waals surface area contributed by atoms with Crippen LogP contribution in [0.15, 0.2) is 0 Å². The van der Waals surface area contributed by atoms with Crippen molar-refractivity contribution in [2.75, 3.05) is 6.61 Å². The van der Waals surface area contributed by atoms with E-state index in [4.69, 9.17) is 0 Å². The Balaban J connectivity index is 2.47. The van der Waals surface area contributed by atoms with E-state index in [2.05, 4.69) is 9.47 Å². The van der Waals surface area contributed by atoms with Crippen LogP contribution in [0.2, 0.25) is 3.67 Å². The molecule has 0 aliphatic carbocycles. The fourth-order valence-corrected chi connectivity index (χ4v) is 0.994. The van der Waals surface area contributed by atoms with Crippen molar-refractivity contribution in [3.05, 3.63) is 0 Å². The number of nitrogens with one attached hydrogen (secondary N) is 1. The van der Waals surface area contributed by atoms with Crippen molar-refractivity contribution in [1.82, 2.24) is 5.32 Å². The number of carbonyl (C=O) groups excluding carboxylic acids is 3. The van der Waals surface area contributed by atoms with Crippen LogP contribution < -0.4 is 5.32 Å². The summed E-state index contributed by atoms with van der Waals surface area (Å²) in [5.41, 5.74) is 0. The Morgan fingerprint density at radius 3 is 2.77 bits per heavy atom. The van der Waals surface area contributed by atoms with Crippen molar-refractivity contribution in [1.29, 1.82) is 0 Å². The number of hydrogen-bond donors (Lipinski definition) is 1. The summed E-state index contributed by atoms with van der Waals surface area (Å²) in [6.45, 7) is 0.270. The maximum absolute atomic E-state index is 11.0. The molecule has 0 aromatic rings. The molecule has 1 saturated heterocycles. The summed E-state index contributed by atoms with van der Waals surface area (Å²) < 4.78 is 9.81. The van der Waals surface area contributed by atoms with Crippen molar-refractivity contribution in [3.8, 4) is 0 Å². The molecule has 0 aromatic carbocycles. The molecule has 7 heteroatoms. The molecule has 1 N–H and O–H groups in total. The Bertz CT molecular complexity index is 253. The van der Waals surface area contributed by atoms with E-state index < -0.39 is 24.1 Å². The normalized spacial score (nSPS) is 20.9. The molecule has 0 radical (unpaired) electrons. The van der Waals surface area contributed by atoms with Crippen LogP contribution in [0.3, 0.4) is 0 Å². The standard InChI is InChI=1S/C6H6NO5.Na/c1-2-11-5(9)3-4(8)7-6(10)12-3;/h3H,1-2H2,(H,7,8,10);. The van der Waals surface area contributed by atoms with Gasteiger partial charge in [-0.15, -0.1) is 0 Å². The first-order chi connectivity index (χ1) is 6.15. The zero-order valence-electron chi connectivity index (χ0n) is 7.03. The number of rotatable bonds is 3. The second-order valence-electron chi connectivity index (χ2n) is 2.44. The fourth-order valence-electron chi connectivity index (χ4n) is 0.790. The van der Waals surface area contributed by atoms with Crippen LogP contribution in [-0.4, -0.2) is 58.6 Å². The molecule has 2 amide bonds. The van der Waals surface area contributed by atoms with E-state index >= 15 is 0 Å². The second kappa shape index (κ2) is 4.59. The van der Waals surface area contributed by atoms with Gasteiger partial charge < -0.3 is 0 Å². The number of cyclic esters (lactones) is 1. The molecule has 0 bridgehead atoms. The van der Waals surface area contributed by atoms with Gasteiger partial charge in [0.25, 0.3) is 0 Å². The zero-order valence-corrected chi connectivity index (χ0v) is 9.03. The average molecular weight is 195 g/mol. The van der Waals surface area contributed by atoms with Gasteiger partial charge in [-0.2, -0.15) is 0 Å². The van der Waals surface area contributed by atoms with Crippen molar-refractivity contribution in [2.45, 2.75) is 9.77 Å². The molecule has 1 rings (SSSR count). The van der Waals surface area contributed by atoms with Gasteiger partial charge in [0.05, 0.1) is 0 Å². The van der Waals surface area contributed by atoms with Gasteiger partial charge in [-0.25, -0.2) is 0 Å². The second-order valence-corrected chi connectivity index (χ2v) is 3.44. The monoisotopic (exact) mass is 195 g/mol. The first-order valence-electron chi connectivity index (χ1n) is 3.83. The van der Waals surface area contributed by atoms with E-state index in [1.54, 1.807) is 0 Å². The predicted octanol–water partition coefficient (Wildman–Crippen LogP) is -1.25. The third-order valence-corrected chi connectivity index (χ3v) is 1.76. The quantitative estimate of drug-likeness (QED) is 0.345. The van der Waals surface area contributed by atoms with Gasteiger partial charge in [0.15, 0.2) is 0 Å². The van der Waals surface area contributed by atoms with Gasteiger partial charge in [0.2, 0.25) is 0 Å². The Morgan fingerprint density at radius 2 is 2.31 bits per heavy atom. The molecule has 13 heavy (non-hydrogen) atoms. The number of ether oxygens (including phenoxy) is 2. The molecule has 0 saturated carbocycles. The molecule has 1 heterocycles. The SMILES string of the molecule is O=C1NC(=O)C(C(=O)OC[CH2][Na])O1. The summed E-state index contributed by atoms with van der Waals surface area (Å²) in [5, 5.41) is 1.83. The van der Waals surface area contributed by atoms with Gasteiger partial charge in [-0.3, -0.25) is 0 Å². The number of carbonyl (C=O) groups is 3. The Kier molecular flexibility index (Phi) is 3.71. The Labute approximate surface area is 91.4 Å². The molecule has 66 valence electrons. The maximum atomic E-state index is 11.0. The Morgan fingerprint density at radius 1 is 1.62 bits per heavy atom. The van der Waals surface area contributed by atoms with Gasteiger partial charge >= 0.3 is 91.5 Å². The van der Waals surface area contributed by atoms with Gasteiger partial charge in [0.1, 0.15) is 0 Å². The first kappa shape index (κ1) is 10.5. The van der Waals surface area contributed by atoms with E-state index in [1.165, 1.54) is 0 Å². The van der Waals surface area contributed by atoms with Gasteiger partial charge in [0, 0.05) is 0 Å². The fraction of sp³-hybridized carbons (Fsp3) is 0.500. The molecular weight excluding hydrogens is 189 g/mol. The van der Waals surface area contributed by atoms with Crippen LogP contribution in [0.1, 0.15) is 0 Å². The minimum atomic E-state index is -1.42. The zero-order chi connectivity index (χ0) is 9.84. The number of amides is 2. The van der Waals surface area contributed by atoms with Gasteiger partial charge in [-0.05, 0) is 0 Å². The van der Waals surface area contributed by atoms with Crippen molar-refractivity contribution < 1.29 is 23.9 Å². The topological polar surface area (TPSA) is 81.7 Å². The number of hydrogen-bond acceptors (Lipinski definition) is 5. The average Bonchev–Trinajstić information content (AvgIpc) is 2.41. The summed E-state index contributed by atoms with van der Waals surface area (Å²) in [6.07, 6.45) is -2.32. The molecule has 1 unspecified atom stereocenters. The summed E-state index contributed by atoms with van der Waals surface area (Å²) >= 11 is 0.914.